The minimum atomic E-state index is -0.926. The van der Waals surface area contributed by atoms with Crippen molar-refractivity contribution in [3.05, 3.63) is 60.2 Å². The highest BCUT2D eigenvalue weighted by atomic mass is 16.3. The van der Waals surface area contributed by atoms with Gasteiger partial charge in [-0.25, -0.2) is 0 Å². The van der Waals surface area contributed by atoms with Crippen LogP contribution >= 0.6 is 0 Å². The molecule has 2 aromatic carbocycles. The third-order valence-electron chi connectivity index (χ3n) is 4.34. The van der Waals surface area contributed by atoms with Crippen molar-refractivity contribution in [3.8, 4) is 11.1 Å². The molecule has 0 saturated carbocycles. The van der Waals surface area contributed by atoms with E-state index in [9.17, 15) is 14.7 Å². The molecule has 2 aromatic rings. The Labute approximate surface area is 161 Å². The molecule has 144 valence electrons. The lowest BCUT2D eigenvalue weighted by Crippen LogP contribution is -2.51. The van der Waals surface area contributed by atoms with Gasteiger partial charge in [0.15, 0.2) is 0 Å². The highest BCUT2D eigenvalue weighted by molar-refractivity contribution is 5.98. The standard InChI is InChI=1S/C22H28N2O3/c1-3-14-24(15-4-2)22(27)20(16-25)23-21(26)19-12-10-18(11-13-19)17-8-6-5-7-9-17/h5-13,20,25H,3-4,14-16H2,1-2H3,(H,23,26). The molecule has 5 heteroatoms. The van der Waals surface area contributed by atoms with Crippen molar-refractivity contribution in [1.82, 2.24) is 10.2 Å². The molecule has 2 rings (SSSR count). The van der Waals surface area contributed by atoms with E-state index < -0.39 is 12.6 Å². The number of amides is 2. The van der Waals surface area contributed by atoms with E-state index in [0.29, 0.717) is 18.7 Å². The van der Waals surface area contributed by atoms with Gasteiger partial charge >= 0.3 is 0 Å². The van der Waals surface area contributed by atoms with Crippen LogP contribution in [-0.4, -0.2) is 47.6 Å². The van der Waals surface area contributed by atoms with Crippen LogP contribution in [0.4, 0.5) is 0 Å². The SMILES string of the molecule is CCCN(CCC)C(=O)C(CO)NC(=O)c1ccc(-c2ccccc2)cc1. The average Bonchev–Trinajstić information content (AvgIpc) is 2.72. The summed E-state index contributed by atoms with van der Waals surface area (Å²) in [4.78, 5) is 26.8. The van der Waals surface area contributed by atoms with Gasteiger partial charge in [-0.3, -0.25) is 9.59 Å². The molecule has 0 fully saturated rings. The fourth-order valence-corrected chi connectivity index (χ4v) is 2.96. The van der Waals surface area contributed by atoms with E-state index in [2.05, 4.69) is 5.32 Å². The van der Waals surface area contributed by atoms with E-state index >= 15 is 0 Å². The maximum absolute atomic E-state index is 12.6. The van der Waals surface area contributed by atoms with Gasteiger partial charge in [-0.05, 0) is 36.1 Å². The lowest BCUT2D eigenvalue weighted by atomic mass is 10.0. The van der Waals surface area contributed by atoms with Crippen LogP contribution < -0.4 is 5.32 Å². The Morgan fingerprint density at radius 3 is 2.00 bits per heavy atom. The molecule has 1 unspecified atom stereocenters. The van der Waals surface area contributed by atoms with Crippen molar-refractivity contribution < 1.29 is 14.7 Å². The number of hydrogen-bond donors (Lipinski definition) is 2. The molecule has 2 amide bonds. The van der Waals surface area contributed by atoms with Crippen molar-refractivity contribution in [2.24, 2.45) is 0 Å². The number of aliphatic hydroxyl groups is 1. The van der Waals surface area contributed by atoms with Crippen LogP contribution in [0.3, 0.4) is 0 Å². The van der Waals surface area contributed by atoms with Crippen molar-refractivity contribution in [3.63, 3.8) is 0 Å². The minimum Gasteiger partial charge on any atom is -0.394 e. The van der Waals surface area contributed by atoms with E-state index in [1.54, 1.807) is 17.0 Å². The predicted octanol–water partition coefficient (Wildman–Crippen LogP) is 3.09. The Hall–Kier alpha value is -2.66. The number of benzene rings is 2. The molecular formula is C22H28N2O3. The first-order valence-corrected chi connectivity index (χ1v) is 9.46. The molecule has 0 radical (unpaired) electrons. The van der Waals surface area contributed by atoms with E-state index in [0.717, 1.165) is 24.0 Å². The third kappa shape index (κ3) is 5.66. The van der Waals surface area contributed by atoms with Crippen LogP contribution in [0.2, 0.25) is 0 Å². The minimum absolute atomic E-state index is 0.240. The second kappa shape index (κ2) is 10.5. The monoisotopic (exact) mass is 368 g/mol. The van der Waals surface area contributed by atoms with Crippen LogP contribution in [0.1, 0.15) is 37.0 Å². The summed E-state index contributed by atoms with van der Waals surface area (Å²) in [6, 6.07) is 16.2. The van der Waals surface area contributed by atoms with Gasteiger partial charge in [0.1, 0.15) is 6.04 Å². The summed E-state index contributed by atoms with van der Waals surface area (Å²) in [7, 11) is 0. The number of hydrogen-bond acceptors (Lipinski definition) is 3. The number of aliphatic hydroxyl groups excluding tert-OH is 1. The molecular weight excluding hydrogens is 340 g/mol. The lowest BCUT2D eigenvalue weighted by molar-refractivity contribution is -0.134. The van der Waals surface area contributed by atoms with Gasteiger partial charge in [-0.15, -0.1) is 0 Å². The normalized spacial score (nSPS) is 11.7. The Balaban J connectivity index is 2.06. The van der Waals surface area contributed by atoms with Crippen molar-refractivity contribution in [2.75, 3.05) is 19.7 Å². The topological polar surface area (TPSA) is 69.6 Å². The molecule has 0 spiro atoms. The molecule has 2 N–H and O–H groups in total. The number of rotatable bonds is 9. The molecule has 0 saturated heterocycles. The second-order valence-corrected chi connectivity index (χ2v) is 6.48. The summed E-state index contributed by atoms with van der Waals surface area (Å²) in [6.45, 7) is 4.81. The number of carbonyl (C=O) groups excluding carboxylic acids is 2. The van der Waals surface area contributed by atoms with E-state index in [4.69, 9.17) is 0 Å². The first-order valence-electron chi connectivity index (χ1n) is 9.46. The zero-order valence-corrected chi connectivity index (χ0v) is 16.0. The molecule has 27 heavy (non-hydrogen) atoms. The summed E-state index contributed by atoms with van der Waals surface area (Å²) >= 11 is 0. The van der Waals surface area contributed by atoms with Gasteiger partial charge < -0.3 is 15.3 Å². The molecule has 5 nitrogen and oxygen atoms in total. The van der Waals surface area contributed by atoms with Crippen molar-refractivity contribution in [2.45, 2.75) is 32.7 Å². The van der Waals surface area contributed by atoms with Gasteiger partial charge in [0.05, 0.1) is 6.61 Å². The zero-order valence-electron chi connectivity index (χ0n) is 16.0. The summed E-state index contributed by atoms with van der Waals surface area (Å²) in [5.74, 6) is -0.606. The lowest BCUT2D eigenvalue weighted by Gasteiger charge is -2.26. The third-order valence-corrected chi connectivity index (χ3v) is 4.34. The summed E-state index contributed by atoms with van der Waals surface area (Å²) in [5.41, 5.74) is 2.54. The maximum atomic E-state index is 12.6. The Kier molecular flexibility index (Phi) is 8.01. The van der Waals surface area contributed by atoms with Crippen molar-refractivity contribution in [1.29, 1.82) is 0 Å². The van der Waals surface area contributed by atoms with Crippen LogP contribution in [0, 0.1) is 0 Å². The van der Waals surface area contributed by atoms with Gasteiger partial charge in [0, 0.05) is 18.7 Å². The van der Waals surface area contributed by atoms with Gasteiger partial charge in [0.25, 0.3) is 5.91 Å². The summed E-state index contributed by atoms with van der Waals surface area (Å²) < 4.78 is 0. The molecule has 0 aliphatic carbocycles. The van der Waals surface area contributed by atoms with E-state index in [1.165, 1.54) is 0 Å². The van der Waals surface area contributed by atoms with Crippen LogP contribution in [-0.2, 0) is 4.79 Å². The first kappa shape index (κ1) is 20.6. The number of nitrogens with one attached hydrogen (secondary N) is 1. The fourth-order valence-electron chi connectivity index (χ4n) is 2.96. The van der Waals surface area contributed by atoms with Crippen LogP contribution in [0.25, 0.3) is 11.1 Å². The van der Waals surface area contributed by atoms with E-state index in [-0.39, 0.29) is 11.8 Å². The summed E-state index contributed by atoms with van der Waals surface area (Å²) in [6.07, 6.45) is 1.66. The Bertz CT molecular complexity index is 723. The fraction of sp³-hybridized carbons (Fsp3) is 0.364. The molecule has 0 aliphatic rings. The highest BCUT2D eigenvalue weighted by Crippen LogP contribution is 2.19. The molecule has 0 aromatic heterocycles. The molecule has 0 aliphatic heterocycles. The Morgan fingerprint density at radius 1 is 0.926 bits per heavy atom. The first-order chi connectivity index (χ1) is 13.1. The van der Waals surface area contributed by atoms with Crippen LogP contribution in [0.5, 0.6) is 0 Å². The average molecular weight is 368 g/mol. The number of nitrogens with zero attached hydrogens (tertiary/aromatic N) is 1. The van der Waals surface area contributed by atoms with Crippen molar-refractivity contribution >= 4 is 11.8 Å². The highest BCUT2D eigenvalue weighted by Gasteiger charge is 2.25. The smallest absolute Gasteiger partial charge is 0.251 e. The quantitative estimate of drug-likeness (QED) is 0.715. The second-order valence-electron chi connectivity index (χ2n) is 6.48. The number of carbonyl (C=O) groups is 2. The van der Waals surface area contributed by atoms with E-state index in [1.807, 2.05) is 56.3 Å². The summed E-state index contributed by atoms with van der Waals surface area (Å²) in [5, 5.41) is 12.3. The maximum Gasteiger partial charge on any atom is 0.251 e. The van der Waals surface area contributed by atoms with Crippen LogP contribution in [0.15, 0.2) is 54.6 Å². The van der Waals surface area contributed by atoms with Gasteiger partial charge in [-0.1, -0.05) is 56.3 Å². The molecule has 0 heterocycles. The zero-order chi connectivity index (χ0) is 19.6. The predicted molar refractivity (Wildman–Crippen MR) is 107 cm³/mol. The largest absolute Gasteiger partial charge is 0.394 e. The Morgan fingerprint density at radius 2 is 1.48 bits per heavy atom. The molecule has 0 bridgehead atoms. The molecule has 1 atom stereocenters. The van der Waals surface area contributed by atoms with Gasteiger partial charge in [0.2, 0.25) is 5.91 Å². The van der Waals surface area contributed by atoms with Gasteiger partial charge in [-0.2, -0.15) is 0 Å².